The van der Waals surface area contributed by atoms with Crippen molar-refractivity contribution >= 4 is 23.6 Å². The van der Waals surface area contributed by atoms with E-state index in [1.165, 1.54) is 29.2 Å². The number of methoxy groups -OCH3 is 1. The van der Waals surface area contributed by atoms with E-state index in [1.807, 2.05) is 12.1 Å². The van der Waals surface area contributed by atoms with E-state index in [-0.39, 0.29) is 31.5 Å². The summed E-state index contributed by atoms with van der Waals surface area (Å²) in [5.41, 5.74) is 1.20. The lowest BCUT2D eigenvalue weighted by Crippen LogP contribution is -2.46. The third kappa shape index (κ3) is 5.50. The Morgan fingerprint density at radius 3 is 2.42 bits per heavy atom. The average Bonchev–Trinajstić information content (AvgIpc) is 3.05. The van der Waals surface area contributed by atoms with Crippen LogP contribution in [-0.4, -0.2) is 55.7 Å². The van der Waals surface area contributed by atoms with Crippen LogP contribution in [0, 0.1) is 5.82 Å². The van der Waals surface area contributed by atoms with Crippen LogP contribution in [0.4, 0.5) is 14.9 Å². The number of ether oxygens (including phenoxy) is 2. The van der Waals surface area contributed by atoms with Gasteiger partial charge in [0.1, 0.15) is 24.2 Å². The third-order valence-corrected chi connectivity index (χ3v) is 4.96. The summed E-state index contributed by atoms with van der Waals surface area (Å²) in [6.07, 6.45) is 0. The summed E-state index contributed by atoms with van der Waals surface area (Å²) in [7, 11) is 1.55. The minimum absolute atomic E-state index is 0.197. The minimum atomic E-state index is -0.886. The molecule has 2 N–H and O–H groups in total. The zero-order valence-corrected chi connectivity index (χ0v) is 17.3. The first-order valence-electron chi connectivity index (χ1n) is 9.82. The Hall–Kier alpha value is -3.62. The van der Waals surface area contributed by atoms with Crippen LogP contribution < -0.4 is 15.4 Å². The number of benzene rings is 2. The molecule has 1 aliphatic rings. The number of carbonyl (C=O) groups excluding carboxylic acids is 3. The zero-order valence-electron chi connectivity index (χ0n) is 17.3. The van der Waals surface area contributed by atoms with E-state index < -0.39 is 23.9 Å². The molecule has 0 spiro atoms. The van der Waals surface area contributed by atoms with Crippen molar-refractivity contribution in [3.05, 3.63) is 59.9 Å². The lowest BCUT2D eigenvalue weighted by Gasteiger charge is -2.19. The van der Waals surface area contributed by atoms with Gasteiger partial charge in [-0.1, -0.05) is 12.1 Å². The quantitative estimate of drug-likeness (QED) is 0.660. The summed E-state index contributed by atoms with van der Waals surface area (Å²) in [4.78, 5) is 38.8. The molecule has 164 valence electrons. The zero-order chi connectivity index (χ0) is 22.4. The number of halogens is 1. The van der Waals surface area contributed by atoms with Crippen LogP contribution in [0.25, 0.3) is 0 Å². The minimum Gasteiger partial charge on any atom is -0.497 e. The Morgan fingerprint density at radius 2 is 1.81 bits per heavy atom. The van der Waals surface area contributed by atoms with Gasteiger partial charge in [0.05, 0.1) is 13.7 Å². The molecule has 3 amide bonds. The molecule has 2 unspecified atom stereocenters. The number of esters is 1. The number of hydrogen-bond acceptors (Lipinski definition) is 5. The molecule has 2 atom stereocenters. The Bertz CT molecular complexity index is 933. The third-order valence-electron chi connectivity index (χ3n) is 4.96. The molecular weight excluding hydrogens is 405 g/mol. The fraction of sp³-hybridized carbons (Fsp3) is 0.318. The molecule has 1 saturated heterocycles. The highest BCUT2D eigenvalue weighted by molar-refractivity contribution is 5.96. The molecule has 1 aliphatic heterocycles. The predicted molar refractivity (Wildman–Crippen MR) is 111 cm³/mol. The molecule has 2 aromatic rings. The van der Waals surface area contributed by atoms with Crippen molar-refractivity contribution in [3.8, 4) is 5.75 Å². The lowest BCUT2D eigenvalue weighted by molar-refractivity contribution is -0.147. The van der Waals surface area contributed by atoms with Crippen molar-refractivity contribution in [2.45, 2.75) is 18.9 Å². The van der Waals surface area contributed by atoms with E-state index >= 15 is 0 Å². The van der Waals surface area contributed by atoms with Crippen molar-refractivity contribution in [3.63, 3.8) is 0 Å². The van der Waals surface area contributed by atoms with Gasteiger partial charge in [0, 0.05) is 18.2 Å². The largest absolute Gasteiger partial charge is 0.497 e. The number of likely N-dealkylation sites (tertiary alicyclic amines) is 1. The first kappa shape index (κ1) is 22.1. The van der Waals surface area contributed by atoms with Crippen LogP contribution in [0.3, 0.4) is 0 Å². The summed E-state index contributed by atoms with van der Waals surface area (Å²) in [6, 6.07) is 10.9. The normalized spacial score (nSPS) is 17.9. The van der Waals surface area contributed by atoms with Gasteiger partial charge in [0.25, 0.3) is 0 Å². The van der Waals surface area contributed by atoms with Gasteiger partial charge in [-0.05, 0) is 48.9 Å². The fourth-order valence-corrected chi connectivity index (χ4v) is 3.46. The molecule has 1 fully saturated rings. The van der Waals surface area contributed by atoms with Crippen LogP contribution in [0.2, 0.25) is 0 Å². The molecule has 0 radical (unpaired) electrons. The second kappa shape index (κ2) is 9.92. The van der Waals surface area contributed by atoms with Crippen molar-refractivity contribution in [1.82, 2.24) is 10.2 Å². The van der Waals surface area contributed by atoms with Gasteiger partial charge in [-0.15, -0.1) is 0 Å². The number of rotatable bonds is 7. The number of nitrogens with one attached hydrogen (secondary N) is 2. The summed E-state index contributed by atoms with van der Waals surface area (Å²) >= 11 is 0. The molecule has 1 heterocycles. The van der Waals surface area contributed by atoms with Gasteiger partial charge in [-0.25, -0.2) is 9.18 Å². The van der Waals surface area contributed by atoms with E-state index in [4.69, 9.17) is 9.47 Å². The summed E-state index contributed by atoms with van der Waals surface area (Å²) in [5.74, 6) is -1.04. The van der Waals surface area contributed by atoms with Crippen LogP contribution in [0.5, 0.6) is 5.75 Å². The van der Waals surface area contributed by atoms with Gasteiger partial charge in [-0.3, -0.25) is 9.59 Å². The second-order valence-corrected chi connectivity index (χ2v) is 6.99. The number of urea groups is 1. The molecule has 2 aromatic carbocycles. The lowest BCUT2D eigenvalue weighted by atomic mass is 9.94. The first-order valence-corrected chi connectivity index (χ1v) is 9.82. The SMILES string of the molecule is CCOC(=O)CN1CC(c2ccc(OC)cc2)C(NC(=O)Nc2ccc(F)cc2)C1=O. The molecular formula is C22H24FN3O5. The highest BCUT2D eigenvalue weighted by atomic mass is 19.1. The van der Waals surface area contributed by atoms with E-state index in [9.17, 15) is 18.8 Å². The van der Waals surface area contributed by atoms with E-state index in [0.29, 0.717) is 11.4 Å². The first-order chi connectivity index (χ1) is 14.9. The van der Waals surface area contributed by atoms with Crippen molar-refractivity contribution < 1.29 is 28.2 Å². The molecule has 3 rings (SSSR count). The summed E-state index contributed by atoms with van der Waals surface area (Å²) < 4.78 is 23.2. The fourth-order valence-electron chi connectivity index (χ4n) is 3.46. The smallest absolute Gasteiger partial charge is 0.325 e. The number of amides is 3. The number of carbonyl (C=O) groups is 3. The second-order valence-electron chi connectivity index (χ2n) is 6.99. The maximum atomic E-state index is 13.1. The van der Waals surface area contributed by atoms with Crippen LogP contribution in [0.15, 0.2) is 48.5 Å². The van der Waals surface area contributed by atoms with Crippen LogP contribution in [0.1, 0.15) is 18.4 Å². The van der Waals surface area contributed by atoms with Crippen molar-refractivity contribution in [2.24, 2.45) is 0 Å². The average molecular weight is 429 g/mol. The number of hydrogen-bond donors (Lipinski definition) is 2. The molecule has 0 aliphatic carbocycles. The highest BCUT2D eigenvalue weighted by Gasteiger charge is 2.43. The van der Waals surface area contributed by atoms with Crippen LogP contribution >= 0.6 is 0 Å². The molecule has 9 heteroatoms. The van der Waals surface area contributed by atoms with E-state index in [2.05, 4.69) is 10.6 Å². The Labute approximate surface area is 179 Å². The van der Waals surface area contributed by atoms with Gasteiger partial charge in [-0.2, -0.15) is 0 Å². The van der Waals surface area contributed by atoms with E-state index in [0.717, 1.165) is 5.56 Å². The van der Waals surface area contributed by atoms with Crippen LogP contribution in [-0.2, 0) is 14.3 Å². The molecule has 0 saturated carbocycles. The van der Waals surface area contributed by atoms with Crippen molar-refractivity contribution in [2.75, 3.05) is 32.1 Å². The highest BCUT2D eigenvalue weighted by Crippen LogP contribution is 2.30. The summed E-state index contributed by atoms with van der Waals surface area (Å²) in [5, 5.41) is 5.27. The van der Waals surface area contributed by atoms with Gasteiger partial charge >= 0.3 is 12.0 Å². The number of nitrogens with zero attached hydrogens (tertiary/aromatic N) is 1. The number of anilines is 1. The van der Waals surface area contributed by atoms with Gasteiger partial charge in [0.15, 0.2) is 0 Å². The molecule has 31 heavy (non-hydrogen) atoms. The molecule has 8 nitrogen and oxygen atoms in total. The Balaban J connectivity index is 1.77. The topological polar surface area (TPSA) is 97.0 Å². The molecule has 0 bridgehead atoms. The van der Waals surface area contributed by atoms with Crippen molar-refractivity contribution in [1.29, 1.82) is 0 Å². The Kier molecular flexibility index (Phi) is 7.07. The van der Waals surface area contributed by atoms with Gasteiger partial charge in [0.2, 0.25) is 5.91 Å². The van der Waals surface area contributed by atoms with Gasteiger partial charge < -0.3 is 25.0 Å². The molecule has 0 aromatic heterocycles. The predicted octanol–water partition coefficient (Wildman–Crippen LogP) is 2.51. The maximum absolute atomic E-state index is 13.1. The monoisotopic (exact) mass is 429 g/mol. The summed E-state index contributed by atoms with van der Waals surface area (Å²) in [6.45, 7) is 1.95. The van der Waals surface area contributed by atoms with E-state index in [1.54, 1.807) is 26.2 Å². The Morgan fingerprint density at radius 1 is 1.13 bits per heavy atom. The standard InChI is InChI=1S/C22H24FN3O5/c1-3-31-19(27)13-26-12-18(14-4-10-17(30-2)11-5-14)20(21(26)28)25-22(29)24-16-8-6-15(23)7-9-16/h4-11,18,20H,3,12-13H2,1-2H3,(H2,24,25,29). The maximum Gasteiger partial charge on any atom is 0.325 e.